The number of aliphatic hydroxyl groups excluding tert-OH is 1. The van der Waals surface area contributed by atoms with E-state index in [0.29, 0.717) is 12.8 Å². The van der Waals surface area contributed by atoms with Crippen molar-refractivity contribution in [1.82, 2.24) is 9.97 Å². The molecule has 0 aliphatic rings. The molecule has 0 atom stereocenters. The summed E-state index contributed by atoms with van der Waals surface area (Å²) >= 11 is 3.45. The molecule has 100 valence electrons. The first-order valence-corrected chi connectivity index (χ1v) is 6.80. The summed E-state index contributed by atoms with van der Waals surface area (Å²) in [4.78, 5) is 8.71. The second-order valence-corrected chi connectivity index (χ2v) is 4.95. The summed E-state index contributed by atoms with van der Waals surface area (Å²) in [6.45, 7) is 0.147. The van der Waals surface area contributed by atoms with E-state index in [-0.39, 0.29) is 6.61 Å². The molecule has 19 heavy (non-hydrogen) atoms. The fourth-order valence-electron chi connectivity index (χ4n) is 1.79. The lowest BCUT2D eigenvalue weighted by molar-refractivity contribution is 0.287. The van der Waals surface area contributed by atoms with E-state index in [2.05, 4.69) is 25.9 Å². The van der Waals surface area contributed by atoms with Gasteiger partial charge in [-0.3, -0.25) is 0 Å². The molecule has 5 heteroatoms. The maximum absolute atomic E-state index is 8.85. The Hall–Kier alpha value is -1.46. The number of aliphatic hydroxyl groups is 1. The van der Waals surface area contributed by atoms with Gasteiger partial charge in [0, 0.05) is 29.3 Å². The van der Waals surface area contributed by atoms with Crippen molar-refractivity contribution < 1.29 is 9.84 Å². The van der Waals surface area contributed by atoms with Crippen LogP contribution >= 0.6 is 15.9 Å². The van der Waals surface area contributed by atoms with Gasteiger partial charge in [-0.1, -0.05) is 15.9 Å². The third-order valence-corrected chi connectivity index (χ3v) is 3.19. The van der Waals surface area contributed by atoms with Gasteiger partial charge in [-0.15, -0.1) is 0 Å². The zero-order valence-corrected chi connectivity index (χ0v) is 12.2. The Labute approximate surface area is 120 Å². The van der Waals surface area contributed by atoms with Crippen LogP contribution in [0.1, 0.15) is 12.2 Å². The lowest BCUT2D eigenvalue weighted by atomic mass is 10.1. The van der Waals surface area contributed by atoms with Gasteiger partial charge < -0.3 is 9.84 Å². The van der Waals surface area contributed by atoms with Crippen LogP contribution in [0, 0.1) is 0 Å². The van der Waals surface area contributed by atoms with Crippen LogP contribution in [0.25, 0.3) is 11.3 Å². The molecule has 0 radical (unpaired) electrons. The highest BCUT2D eigenvalue weighted by molar-refractivity contribution is 9.10. The van der Waals surface area contributed by atoms with Gasteiger partial charge >= 0.3 is 0 Å². The molecule has 0 saturated heterocycles. The second kappa shape index (κ2) is 6.63. The Balaban J connectivity index is 2.38. The Morgan fingerprint density at radius 3 is 2.89 bits per heavy atom. The second-order valence-electron chi connectivity index (χ2n) is 4.03. The molecule has 0 bridgehead atoms. The van der Waals surface area contributed by atoms with Crippen molar-refractivity contribution in [3.8, 4) is 17.0 Å². The minimum atomic E-state index is 0.147. The van der Waals surface area contributed by atoms with Crippen molar-refractivity contribution in [3.63, 3.8) is 0 Å². The number of benzene rings is 1. The van der Waals surface area contributed by atoms with Gasteiger partial charge in [-0.25, -0.2) is 9.97 Å². The number of hydrogen-bond donors (Lipinski definition) is 1. The smallest absolute Gasteiger partial charge is 0.129 e. The molecule has 0 aliphatic carbocycles. The molecule has 0 aliphatic heterocycles. The van der Waals surface area contributed by atoms with Crippen molar-refractivity contribution in [1.29, 1.82) is 0 Å². The number of aromatic nitrogens is 2. The van der Waals surface area contributed by atoms with Crippen LogP contribution in [0.5, 0.6) is 5.75 Å². The van der Waals surface area contributed by atoms with Crippen LogP contribution in [-0.2, 0) is 6.42 Å². The first kappa shape index (κ1) is 14.0. The molecule has 1 aromatic heterocycles. The number of methoxy groups -OCH3 is 1. The molecule has 0 fully saturated rings. The van der Waals surface area contributed by atoms with E-state index in [1.807, 2.05) is 24.3 Å². The Bertz CT molecular complexity index is 561. The number of halogens is 1. The predicted molar refractivity (Wildman–Crippen MR) is 77.1 cm³/mol. The van der Waals surface area contributed by atoms with E-state index in [1.54, 1.807) is 13.3 Å². The van der Waals surface area contributed by atoms with Gasteiger partial charge in [0.15, 0.2) is 0 Å². The number of hydrogen-bond acceptors (Lipinski definition) is 4. The highest BCUT2D eigenvalue weighted by Crippen LogP contribution is 2.31. The van der Waals surface area contributed by atoms with E-state index in [1.165, 1.54) is 0 Å². The number of rotatable bonds is 5. The molecule has 2 rings (SSSR count). The normalized spacial score (nSPS) is 10.5. The lowest BCUT2D eigenvalue weighted by Gasteiger charge is -2.09. The first-order chi connectivity index (χ1) is 9.24. The van der Waals surface area contributed by atoms with Gasteiger partial charge in [-0.05, 0) is 30.7 Å². The highest BCUT2D eigenvalue weighted by Gasteiger charge is 2.09. The molecular formula is C14H15BrN2O2. The molecule has 0 saturated carbocycles. The molecule has 1 heterocycles. The van der Waals surface area contributed by atoms with E-state index in [9.17, 15) is 0 Å². The summed E-state index contributed by atoms with van der Waals surface area (Å²) in [7, 11) is 1.64. The minimum Gasteiger partial charge on any atom is -0.496 e. The monoisotopic (exact) mass is 322 g/mol. The maximum Gasteiger partial charge on any atom is 0.129 e. The van der Waals surface area contributed by atoms with Gasteiger partial charge in [0.1, 0.15) is 11.6 Å². The zero-order valence-electron chi connectivity index (χ0n) is 10.6. The van der Waals surface area contributed by atoms with Crippen LogP contribution in [0.3, 0.4) is 0 Å². The molecule has 0 unspecified atom stereocenters. The Kier molecular flexibility index (Phi) is 4.87. The lowest BCUT2D eigenvalue weighted by Crippen LogP contribution is -1.99. The standard InChI is InChI=1S/C14H15BrN2O2/c1-19-13-5-4-10(15)9-11(13)12-6-7-16-14(17-12)3-2-8-18/h4-7,9,18H,2-3,8H2,1H3. The first-order valence-electron chi connectivity index (χ1n) is 6.01. The van der Waals surface area contributed by atoms with Crippen LogP contribution in [0.2, 0.25) is 0 Å². The molecule has 0 spiro atoms. The van der Waals surface area contributed by atoms with Crippen LogP contribution in [0.15, 0.2) is 34.9 Å². The molecular weight excluding hydrogens is 308 g/mol. The van der Waals surface area contributed by atoms with E-state index in [4.69, 9.17) is 9.84 Å². The van der Waals surface area contributed by atoms with Gasteiger partial charge in [0.2, 0.25) is 0 Å². The van der Waals surface area contributed by atoms with Crippen molar-refractivity contribution >= 4 is 15.9 Å². The maximum atomic E-state index is 8.85. The van der Waals surface area contributed by atoms with Gasteiger partial charge in [0.25, 0.3) is 0 Å². The van der Waals surface area contributed by atoms with Crippen molar-refractivity contribution in [2.45, 2.75) is 12.8 Å². The third-order valence-electron chi connectivity index (χ3n) is 2.70. The molecule has 2 aromatic rings. The number of aryl methyl sites for hydroxylation is 1. The van der Waals surface area contributed by atoms with Gasteiger partial charge in [-0.2, -0.15) is 0 Å². The predicted octanol–water partition coefficient (Wildman–Crippen LogP) is 2.84. The Morgan fingerprint density at radius 1 is 1.32 bits per heavy atom. The summed E-state index contributed by atoms with van der Waals surface area (Å²) < 4.78 is 6.33. The summed E-state index contributed by atoms with van der Waals surface area (Å²) in [6.07, 6.45) is 3.06. The van der Waals surface area contributed by atoms with Crippen molar-refractivity contribution in [2.24, 2.45) is 0 Å². The van der Waals surface area contributed by atoms with Crippen LogP contribution < -0.4 is 4.74 Å². The summed E-state index contributed by atoms with van der Waals surface area (Å²) in [5.74, 6) is 1.50. The number of ether oxygens (including phenoxy) is 1. The topological polar surface area (TPSA) is 55.2 Å². The Morgan fingerprint density at radius 2 is 2.16 bits per heavy atom. The SMILES string of the molecule is COc1ccc(Br)cc1-c1ccnc(CCCO)n1. The van der Waals surface area contributed by atoms with Crippen LogP contribution in [0.4, 0.5) is 0 Å². The van der Waals surface area contributed by atoms with Crippen LogP contribution in [-0.4, -0.2) is 28.8 Å². The average Bonchev–Trinajstić information content (AvgIpc) is 2.45. The fraction of sp³-hybridized carbons (Fsp3) is 0.286. The summed E-state index contributed by atoms with van der Waals surface area (Å²) in [5.41, 5.74) is 1.74. The average molecular weight is 323 g/mol. The van der Waals surface area contributed by atoms with Gasteiger partial charge in [0.05, 0.1) is 12.8 Å². The van der Waals surface area contributed by atoms with Crippen molar-refractivity contribution in [3.05, 3.63) is 40.8 Å². The molecule has 4 nitrogen and oxygen atoms in total. The number of nitrogens with zero attached hydrogens (tertiary/aromatic N) is 2. The molecule has 1 aromatic carbocycles. The third kappa shape index (κ3) is 3.52. The highest BCUT2D eigenvalue weighted by atomic mass is 79.9. The fourth-order valence-corrected chi connectivity index (χ4v) is 2.15. The van der Waals surface area contributed by atoms with E-state index >= 15 is 0 Å². The zero-order chi connectivity index (χ0) is 13.7. The van der Waals surface area contributed by atoms with E-state index < -0.39 is 0 Å². The minimum absolute atomic E-state index is 0.147. The molecule has 0 amide bonds. The quantitative estimate of drug-likeness (QED) is 0.919. The summed E-state index contributed by atoms with van der Waals surface area (Å²) in [6, 6.07) is 7.65. The molecule has 1 N–H and O–H groups in total. The summed E-state index contributed by atoms with van der Waals surface area (Å²) in [5, 5.41) is 8.85. The van der Waals surface area contributed by atoms with Crippen molar-refractivity contribution in [2.75, 3.05) is 13.7 Å². The largest absolute Gasteiger partial charge is 0.496 e. The van der Waals surface area contributed by atoms with E-state index in [0.717, 1.165) is 27.3 Å².